The lowest BCUT2D eigenvalue weighted by Gasteiger charge is -2.26. The van der Waals surface area contributed by atoms with Crippen LogP contribution >= 0.6 is 0 Å². The third kappa shape index (κ3) is 6.84. The highest BCUT2D eigenvalue weighted by molar-refractivity contribution is 6.17. The summed E-state index contributed by atoms with van der Waals surface area (Å²) in [7, 11) is 0. The first-order chi connectivity index (χ1) is 33.7. The van der Waals surface area contributed by atoms with Crippen molar-refractivity contribution in [3.8, 4) is 39.1 Å². The Morgan fingerprint density at radius 1 is 0.412 bits per heavy atom. The maximum absolute atomic E-state index is 3.43. The van der Waals surface area contributed by atoms with Gasteiger partial charge in [-0.2, -0.15) is 0 Å². The summed E-state index contributed by atoms with van der Waals surface area (Å²) in [6.07, 6.45) is 9.99. The van der Waals surface area contributed by atoms with Crippen LogP contribution in [0.25, 0.3) is 93.2 Å². The monoisotopic (exact) mass is 864 g/mol. The predicted molar refractivity (Wildman–Crippen MR) is 288 cm³/mol. The molecule has 68 heavy (non-hydrogen) atoms. The van der Waals surface area contributed by atoms with Gasteiger partial charge in [0.1, 0.15) is 0 Å². The lowest BCUT2D eigenvalue weighted by atomic mass is 9.88. The summed E-state index contributed by atoms with van der Waals surface area (Å²) in [5.74, 6) is 0.292. The lowest BCUT2D eigenvalue weighted by molar-refractivity contribution is 0.862. The summed E-state index contributed by atoms with van der Waals surface area (Å²) in [6.45, 7) is 0. The van der Waals surface area contributed by atoms with E-state index in [0.29, 0.717) is 5.92 Å². The number of anilines is 3. The molecule has 13 rings (SSSR count). The fraction of sp³-hybridized carbons (Fsp3) is 0.0303. The molecular formula is C66H44N2. The zero-order valence-corrected chi connectivity index (χ0v) is 37.4. The summed E-state index contributed by atoms with van der Waals surface area (Å²) in [5, 5.41) is 9.61. The molecule has 12 aromatic rings. The third-order valence-corrected chi connectivity index (χ3v) is 13.9. The van der Waals surface area contributed by atoms with Crippen LogP contribution in [0.3, 0.4) is 0 Å². The Balaban J connectivity index is 0.952. The van der Waals surface area contributed by atoms with Crippen molar-refractivity contribution in [2.75, 3.05) is 4.90 Å². The van der Waals surface area contributed by atoms with Crippen molar-refractivity contribution in [2.24, 2.45) is 0 Å². The van der Waals surface area contributed by atoms with Gasteiger partial charge in [0.25, 0.3) is 0 Å². The minimum Gasteiger partial charge on any atom is -0.310 e. The first-order valence-corrected chi connectivity index (χ1v) is 23.5. The molecule has 2 nitrogen and oxygen atoms in total. The topological polar surface area (TPSA) is 8.17 Å². The average Bonchev–Trinajstić information content (AvgIpc) is 3.76. The molecule has 0 amide bonds. The molecule has 11 aromatic carbocycles. The largest absolute Gasteiger partial charge is 0.310 e. The van der Waals surface area contributed by atoms with Gasteiger partial charge in [-0.25, -0.2) is 0 Å². The van der Waals surface area contributed by atoms with Crippen molar-refractivity contribution in [3.05, 3.63) is 266 Å². The second-order valence-electron chi connectivity index (χ2n) is 17.9. The first kappa shape index (κ1) is 39.5. The predicted octanol–water partition coefficient (Wildman–Crippen LogP) is 17.9. The molecule has 0 saturated carbocycles. The maximum atomic E-state index is 3.43. The van der Waals surface area contributed by atoms with Gasteiger partial charge in [-0.05, 0) is 146 Å². The van der Waals surface area contributed by atoms with Crippen molar-refractivity contribution in [2.45, 2.75) is 12.3 Å². The summed E-state index contributed by atoms with van der Waals surface area (Å²) < 4.78 is 2.45. The molecule has 0 radical (unpaired) electrons. The molecule has 1 atom stereocenters. The van der Waals surface area contributed by atoms with E-state index in [4.69, 9.17) is 0 Å². The van der Waals surface area contributed by atoms with Crippen molar-refractivity contribution >= 4 is 71.2 Å². The van der Waals surface area contributed by atoms with E-state index in [0.717, 1.165) is 51.1 Å². The normalized spacial score (nSPS) is 13.4. The second-order valence-corrected chi connectivity index (χ2v) is 17.9. The Morgan fingerprint density at radius 3 is 1.85 bits per heavy atom. The van der Waals surface area contributed by atoms with Gasteiger partial charge in [0, 0.05) is 50.2 Å². The number of hydrogen-bond donors (Lipinski definition) is 0. The fourth-order valence-electron chi connectivity index (χ4n) is 10.6. The molecule has 0 fully saturated rings. The van der Waals surface area contributed by atoms with E-state index in [-0.39, 0.29) is 0 Å². The van der Waals surface area contributed by atoms with Gasteiger partial charge in [0.2, 0.25) is 0 Å². The molecule has 1 unspecified atom stereocenters. The van der Waals surface area contributed by atoms with Gasteiger partial charge in [-0.15, -0.1) is 0 Å². The van der Waals surface area contributed by atoms with Crippen LogP contribution in [-0.4, -0.2) is 4.57 Å². The zero-order chi connectivity index (χ0) is 45.0. The molecule has 318 valence electrons. The average molecular weight is 865 g/mol. The van der Waals surface area contributed by atoms with Crippen molar-refractivity contribution < 1.29 is 0 Å². The Kier molecular flexibility index (Phi) is 9.58. The lowest BCUT2D eigenvalue weighted by Crippen LogP contribution is -2.10. The Labute approximate surface area is 396 Å². The number of fused-ring (bicyclic) bond motifs is 7. The van der Waals surface area contributed by atoms with Crippen LogP contribution in [0, 0.1) is 12.1 Å². The van der Waals surface area contributed by atoms with Crippen molar-refractivity contribution in [1.82, 2.24) is 4.57 Å². The van der Waals surface area contributed by atoms with E-state index < -0.39 is 0 Å². The minimum absolute atomic E-state index is 0.292. The Bertz CT molecular complexity index is 3930. The highest BCUT2D eigenvalue weighted by atomic mass is 15.1. The number of benzene rings is 10. The minimum atomic E-state index is 0.292. The molecule has 0 saturated heterocycles. The zero-order valence-electron chi connectivity index (χ0n) is 37.4. The van der Waals surface area contributed by atoms with Crippen molar-refractivity contribution in [1.29, 1.82) is 0 Å². The van der Waals surface area contributed by atoms with Gasteiger partial charge in [0.15, 0.2) is 0 Å². The molecule has 0 bridgehead atoms. The van der Waals surface area contributed by atoms with E-state index >= 15 is 0 Å². The van der Waals surface area contributed by atoms with Crippen LogP contribution in [0.5, 0.6) is 0 Å². The summed E-state index contributed by atoms with van der Waals surface area (Å²) >= 11 is 0. The van der Waals surface area contributed by atoms with E-state index in [1.165, 1.54) is 71.2 Å². The van der Waals surface area contributed by atoms with Crippen LogP contribution in [0.1, 0.15) is 17.9 Å². The van der Waals surface area contributed by atoms with Crippen LogP contribution < -0.4 is 4.90 Å². The van der Waals surface area contributed by atoms with Gasteiger partial charge in [-0.3, -0.25) is 0 Å². The highest BCUT2D eigenvalue weighted by Crippen LogP contribution is 2.45. The molecule has 0 spiro atoms. The molecule has 1 aliphatic rings. The number of allylic oxidation sites excluding steroid dienone is 4. The number of para-hydroxylation sites is 1. The fourth-order valence-corrected chi connectivity index (χ4v) is 10.6. The second kappa shape index (κ2) is 16.5. The molecule has 2 heteroatoms. The van der Waals surface area contributed by atoms with Gasteiger partial charge in [0.05, 0.1) is 11.0 Å². The molecule has 0 N–H and O–H groups in total. The number of nitrogens with zero attached hydrogens (tertiary/aromatic N) is 2. The third-order valence-electron chi connectivity index (χ3n) is 13.9. The van der Waals surface area contributed by atoms with Crippen LogP contribution in [0.15, 0.2) is 249 Å². The van der Waals surface area contributed by atoms with Crippen molar-refractivity contribution in [3.63, 3.8) is 0 Å². The molecule has 1 aliphatic carbocycles. The smallest absolute Gasteiger partial charge is 0.0547 e. The summed E-state index contributed by atoms with van der Waals surface area (Å²) in [6, 6.07) is 88.8. The van der Waals surface area contributed by atoms with Gasteiger partial charge in [-0.1, -0.05) is 182 Å². The molecule has 0 aliphatic heterocycles. The number of aromatic nitrogens is 1. The summed E-state index contributed by atoms with van der Waals surface area (Å²) in [4.78, 5) is 2.39. The maximum Gasteiger partial charge on any atom is 0.0547 e. The van der Waals surface area contributed by atoms with E-state index in [1.54, 1.807) is 0 Å². The van der Waals surface area contributed by atoms with Gasteiger partial charge < -0.3 is 9.47 Å². The van der Waals surface area contributed by atoms with Gasteiger partial charge >= 0.3 is 0 Å². The van der Waals surface area contributed by atoms with E-state index in [2.05, 4.69) is 270 Å². The van der Waals surface area contributed by atoms with Crippen LogP contribution in [0.2, 0.25) is 0 Å². The standard InChI is InChI=1S/C66H44N2/c1-3-15-48(16-4-1)61-24-12-26-63-65(61)66-62(25-13-27-64(66)68(63)55-20-5-2-6-21-55)53-19-11-22-58(44-53)67(56-37-32-46(33-38-56)51-30-28-45-14-7-8-18-50(45)42-51)57-39-34-47(35-40-57)52-36-41-60-54(43-52)31-29-49-17-9-10-23-59(49)60/h1-15,17-28,30,32-44,48H,16H2. The highest BCUT2D eigenvalue weighted by Gasteiger charge is 2.23. The molecular weight excluding hydrogens is 821 g/mol. The number of rotatable bonds is 8. The quantitative estimate of drug-likeness (QED) is 0.148. The Hall–Kier alpha value is -8.90. The van der Waals surface area contributed by atoms with E-state index in [1.807, 2.05) is 0 Å². The summed E-state index contributed by atoms with van der Waals surface area (Å²) in [5.41, 5.74) is 15.3. The number of hydrogen-bond acceptors (Lipinski definition) is 1. The Morgan fingerprint density at radius 2 is 1.06 bits per heavy atom. The van der Waals surface area contributed by atoms with Crippen LogP contribution in [0.4, 0.5) is 17.1 Å². The molecule has 1 aromatic heterocycles. The molecule has 1 heterocycles. The van der Waals surface area contributed by atoms with Crippen LogP contribution in [-0.2, 0) is 0 Å². The SMILES string of the molecule is c1c2ccccc2c2ccc(-c3ccc(N(c4ccc(-c5ccc6ccccc6c5)cc4)c4cccc(-c5cccc6c5c5c(C7C=CC=CC7)cccc5n6-c5ccccc5)c4)cc3)cc2c#1. The first-order valence-electron chi connectivity index (χ1n) is 23.5. The van der Waals surface area contributed by atoms with E-state index in [9.17, 15) is 0 Å².